The number of carboxylic acid groups (broad SMARTS) is 1. The third-order valence-electron chi connectivity index (χ3n) is 2.91. The van der Waals surface area contributed by atoms with Crippen molar-refractivity contribution in [2.24, 2.45) is 0 Å². The van der Waals surface area contributed by atoms with E-state index >= 15 is 0 Å². The van der Waals surface area contributed by atoms with Crippen molar-refractivity contribution in [3.63, 3.8) is 0 Å². The molecule has 1 N–H and O–H groups in total. The maximum absolute atomic E-state index is 11.8. The van der Waals surface area contributed by atoms with Crippen LogP contribution in [-0.2, 0) is 6.54 Å². The third-order valence-corrected chi connectivity index (χ3v) is 2.91. The minimum absolute atomic E-state index is 0.248. The summed E-state index contributed by atoms with van der Waals surface area (Å²) in [5.74, 6) is 0.149. The molecule has 0 aliphatic carbocycles. The SMILES string of the molecule is COc1ccc(OCCn2cccc(C(=O)O)c2=O)cc1. The third kappa shape index (κ3) is 3.62. The van der Waals surface area contributed by atoms with Gasteiger partial charge in [-0.05, 0) is 36.4 Å². The molecule has 0 spiro atoms. The summed E-state index contributed by atoms with van der Waals surface area (Å²) in [5, 5.41) is 8.89. The Morgan fingerprint density at radius 1 is 1.19 bits per heavy atom. The van der Waals surface area contributed by atoms with Crippen molar-refractivity contribution in [1.82, 2.24) is 4.57 Å². The van der Waals surface area contributed by atoms with E-state index in [1.54, 1.807) is 31.4 Å². The standard InChI is InChI=1S/C15H15NO5/c1-20-11-4-6-12(7-5-11)21-10-9-16-8-2-3-13(14(16)17)15(18)19/h2-8H,9-10H2,1H3,(H,18,19). The predicted molar refractivity (Wildman–Crippen MR) is 76.2 cm³/mol. The number of hydrogen-bond donors (Lipinski definition) is 1. The minimum atomic E-state index is -1.23. The predicted octanol–water partition coefficient (Wildman–Crippen LogP) is 1.63. The van der Waals surface area contributed by atoms with E-state index in [4.69, 9.17) is 14.6 Å². The summed E-state index contributed by atoms with van der Waals surface area (Å²) in [4.78, 5) is 22.7. The molecule has 0 unspecified atom stereocenters. The number of nitrogens with zero attached hydrogens (tertiary/aromatic N) is 1. The van der Waals surface area contributed by atoms with Crippen molar-refractivity contribution in [3.8, 4) is 11.5 Å². The highest BCUT2D eigenvalue weighted by atomic mass is 16.5. The summed E-state index contributed by atoms with van der Waals surface area (Å²) in [5.41, 5.74) is -0.787. The Balaban J connectivity index is 1.98. The average Bonchev–Trinajstić information content (AvgIpc) is 2.49. The smallest absolute Gasteiger partial charge is 0.341 e. The van der Waals surface area contributed by atoms with E-state index in [0.717, 1.165) is 5.75 Å². The number of rotatable bonds is 6. The molecule has 6 heteroatoms. The summed E-state index contributed by atoms with van der Waals surface area (Å²) in [6.45, 7) is 0.529. The number of hydrogen-bond acceptors (Lipinski definition) is 4. The van der Waals surface area contributed by atoms with E-state index in [2.05, 4.69) is 0 Å². The van der Waals surface area contributed by atoms with Crippen LogP contribution in [-0.4, -0.2) is 29.4 Å². The zero-order valence-corrected chi connectivity index (χ0v) is 11.5. The van der Waals surface area contributed by atoms with Crippen LogP contribution in [0.1, 0.15) is 10.4 Å². The van der Waals surface area contributed by atoms with Crippen molar-refractivity contribution in [3.05, 3.63) is 58.5 Å². The Labute approximate surface area is 121 Å². The maximum atomic E-state index is 11.8. The molecule has 0 fully saturated rings. The van der Waals surface area contributed by atoms with Crippen LogP contribution in [0.3, 0.4) is 0 Å². The van der Waals surface area contributed by atoms with E-state index in [1.807, 2.05) is 0 Å². The molecule has 1 aromatic heterocycles. The molecular weight excluding hydrogens is 274 g/mol. The molecule has 2 rings (SSSR count). The van der Waals surface area contributed by atoms with E-state index < -0.39 is 11.5 Å². The quantitative estimate of drug-likeness (QED) is 0.874. The van der Waals surface area contributed by atoms with Gasteiger partial charge < -0.3 is 19.1 Å². The molecule has 0 radical (unpaired) electrons. The number of aromatic carboxylic acids is 1. The molecule has 0 atom stereocenters. The van der Waals surface area contributed by atoms with Gasteiger partial charge in [-0.15, -0.1) is 0 Å². The fourth-order valence-electron chi connectivity index (χ4n) is 1.81. The van der Waals surface area contributed by atoms with E-state index in [9.17, 15) is 9.59 Å². The lowest BCUT2D eigenvalue weighted by Crippen LogP contribution is -2.27. The highest BCUT2D eigenvalue weighted by Gasteiger charge is 2.09. The number of carboxylic acids is 1. The highest BCUT2D eigenvalue weighted by Crippen LogP contribution is 2.16. The summed E-state index contributed by atoms with van der Waals surface area (Å²) >= 11 is 0. The molecule has 0 saturated heterocycles. The molecule has 2 aromatic rings. The van der Waals surface area contributed by atoms with Crippen molar-refractivity contribution in [2.45, 2.75) is 6.54 Å². The Hall–Kier alpha value is -2.76. The average molecular weight is 289 g/mol. The van der Waals surface area contributed by atoms with Gasteiger partial charge in [0.25, 0.3) is 5.56 Å². The van der Waals surface area contributed by atoms with Gasteiger partial charge >= 0.3 is 5.97 Å². The van der Waals surface area contributed by atoms with Gasteiger partial charge in [0.15, 0.2) is 0 Å². The number of methoxy groups -OCH3 is 1. The number of aromatic nitrogens is 1. The summed E-state index contributed by atoms with van der Waals surface area (Å²) in [6.07, 6.45) is 1.53. The second-order valence-electron chi connectivity index (χ2n) is 4.25. The van der Waals surface area contributed by atoms with E-state index in [1.165, 1.54) is 22.9 Å². The van der Waals surface area contributed by atoms with Gasteiger partial charge in [-0.1, -0.05) is 0 Å². The topological polar surface area (TPSA) is 77.8 Å². The van der Waals surface area contributed by atoms with Gasteiger partial charge in [-0.2, -0.15) is 0 Å². The zero-order valence-electron chi connectivity index (χ0n) is 11.5. The van der Waals surface area contributed by atoms with Crippen LogP contribution >= 0.6 is 0 Å². The van der Waals surface area contributed by atoms with Crippen LogP contribution in [0.5, 0.6) is 11.5 Å². The molecule has 0 amide bonds. The molecule has 0 saturated carbocycles. The van der Waals surface area contributed by atoms with Crippen LogP contribution < -0.4 is 15.0 Å². The van der Waals surface area contributed by atoms with E-state index in [-0.39, 0.29) is 18.7 Å². The first-order valence-corrected chi connectivity index (χ1v) is 6.31. The lowest BCUT2D eigenvalue weighted by molar-refractivity contribution is 0.0694. The summed E-state index contributed by atoms with van der Waals surface area (Å²) in [7, 11) is 1.58. The van der Waals surface area contributed by atoms with Crippen LogP contribution in [0, 0.1) is 0 Å². The van der Waals surface area contributed by atoms with Gasteiger partial charge in [-0.25, -0.2) is 4.79 Å². The molecule has 0 aliphatic heterocycles. The van der Waals surface area contributed by atoms with Crippen LogP contribution in [0.4, 0.5) is 0 Å². The summed E-state index contributed by atoms with van der Waals surface area (Å²) < 4.78 is 11.9. The van der Waals surface area contributed by atoms with Crippen molar-refractivity contribution in [1.29, 1.82) is 0 Å². The number of benzene rings is 1. The Kier molecular flexibility index (Phi) is 4.61. The van der Waals surface area contributed by atoms with Crippen molar-refractivity contribution in [2.75, 3.05) is 13.7 Å². The lowest BCUT2D eigenvalue weighted by atomic mass is 10.3. The Morgan fingerprint density at radius 3 is 2.48 bits per heavy atom. The van der Waals surface area contributed by atoms with Crippen LogP contribution in [0.15, 0.2) is 47.4 Å². The first-order valence-electron chi connectivity index (χ1n) is 6.31. The second-order valence-corrected chi connectivity index (χ2v) is 4.25. The van der Waals surface area contributed by atoms with E-state index in [0.29, 0.717) is 5.75 Å². The number of carbonyl (C=O) groups is 1. The van der Waals surface area contributed by atoms with Crippen molar-refractivity contribution >= 4 is 5.97 Å². The zero-order chi connectivity index (χ0) is 15.2. The monoisotopic (exact) mass is 289 g/mol. The second kappa shape index (κ2) is 6.60. The fraction of sp³-hybridized carbons (Fsp3) is 0.200. The molecule has 0 bridgehead atoms. The van der Waals surface area contributed by atoms with Crippen LogP contribution in [0.25, 0.3) is 0 Å². The highest BCUT2D eigenvalue weighted by molar-refractivity contribution is 5.86. The fourth-order valence-corrected chi connectivity index (χ4v) is 1.81. The molecule has 6 nitrogen and oxygen atoms in total. The van der Waals surface area contributed by atoms with Crippen molar-refractivity contribution < 1.29 is 19.4 Å². The molecule has 1 aromatic carbocycles. The largest absolute Gasteiger partial charge is 0.497 e. The van der Waals surface area contributed by atoms with Gasteiger partial charge in [0.1, 0.15) is 23.7 Å². The Bertz CT molecular complexity index is 675. The van der Waals surface area contributed by atoms with Gasteiger partial charge in [0.05, 0.1) is 13.7 Å². The molecular formula is C15H15NO5. The number of ether oxygens (including phenoxy) is 2. The summed E-state index contributed by atoms with van der Waals surface area (Å²) in [6, 6.07) is 9.87. The van der Waals surface area contributed by atoms with Gasteiger partial charge in [0, 0.05) is 6.20 Å². The first kappa shape index (κ1) is 14.6. The van der Waals surface area contributed by atoms with Crippen LogP contribution in [0.2, 0.25) is 0 Å². The molecule has 0 aliphatic rings. The van der Waals surface area contributed by atoms with Gasteiger partial charge in [-0.3, -0.25) is 4.79 Å². The first-order chi connectivity index (χ1) is 10.1. The maximum Gasteiger partial charge on any atom is 0.341 e. The lowest BCUT2D eigenvalue weighted by Gasteiger charge is -2.09. The molecule has 1 heterocycles. The Morgan fingerprint density at radius 2 is 1.86 bits per heavy atom. The van der Waals surface area contributed by atoms with Gasteiger partial charge in [0.2, 0.25) is 0 Å². The minimum Gasteiger partial charge on any atom is -0.497 e. The molecule has 110 valence electrons. The normalized spacial score (nSPS) is 10.1. The number of pyridine rings is 1. The molecule has 21 heavy (non-hydrogen) atoms.